The van der Waals surface area contributed by atoms with Crippen molar-refractivity contribution in [3.05, 3.63) is 65.7 Å². The fourth-order valence-corrected chi connectivity index (χ4v) is 2.89. The van der Waals surface area contributed by atoms with Gasteiger partial charge in [0.15, 0.2) is 0 Å². The number of nitrogens with zero attached hydrogens (tertiary/aromatic N) is 1. The van der Waals surface area contributed by atoms with Crippen molar-refractivity contribution in [2.45, 2.75) is 26.2 Å². The van der Waals surface area contributed by atoms with Gasteiger partial charge in [-0.2, -0.15) is 0 Å². The van der Waals surface area contributed by atoms with Crippen molar-refractivity contribution in [3.8, 4) is 11.6 Å². The Hall–Kier alpha value is -2.86. The summed E-state index contributed by atoms with van der Waals surface area (Å²) in [6.45, 7) is 6.51. The van der Waals surface area contributed by atoms with Crippen molar-refractivity contribution in [1.82, 2.24) is 4.98 Å². The van der Waals surface area contributed by atoms with Crippen LogP contribution in [0.4, 0.5) is 15.5 Å². The second-order valence-electron chi connectivity index (χ2n) is 6.82. The fraction of sp³-hybridized carbons (Fsp3) is 0.200. The number of hydrogen-bond donors (Lipinski definition) is 2. The van der Waals surface area contributed by atoms with E-state index in [-0.39, 0.29) is 11.4 Å². The van der Waals surface area contributed by atoms with Gasteiger partial charge in [-0.05, 0) is 46.7 Å². The number of hydrogen-bond acceptors (Lipinski definition) is 4. The molecule has 0 bridgehead atoms. The number of rotatable bonds is 4. The lowest BCUT2D eigenvalue weighted by atomic mass is 9.87. The Bertz CT molecular complexity index is 852. The van der Waals surface area contributed by atoms with E-state index < -0.39 is 0 Å². The lowest BCUT2D eigenvalue weighted by Crippen LogP contribution is -2.18. The van der Waals surface area contributed by atoms with E-state index in [1.165, 1.54) is 16.9 Å². The summed E-state index contributed by atoms with van der Waals surface area (Å²) < 4.78 is 5.75. The van der Waals surface area contributed by atoms with Gasteiger partial charge in [0, 0.05) is 6.07 Å². The molecule has 0 fully saturated rings. The van der Waals surface area contributed by atoms with E-state index in [4.69, 9.17) is 4.74 Å². The number of amides is 2. The molecule has 3 aromatic rings. The van der Waals surface area contributed by atoms with Gasteiger partial charge in [0.05, 0.1) is 16.9 Å². The van der Waals surface area contributed by atoms with Gasteiger partial charge in [0.1, 0.15) is 5.75 Å². The average molecular weight is 367 g/mol. The lowest BCUT2D eigenvalue weighted by molar-refractivity contribution is 0.262. The van der Waals surface area contributed by atoms with Crippen molar-refractivity contribution in [1.29, 1.82) is 0 Å². The molecule has 6 heteroatoms. The van der Waals surface area contributed by atoms with Crippen molar-refractivity contribution in [3.63, 3.8) is 0 Å². The Balaban J connectivity index is 1.58. The van der Waals surface area contributed by atoms with E-state index in [1.807, 2.05) is 29.6 Å². The standard InChI is InChI=1S/C20H21N3O2S/c1-20(2,3)14-6-9-16(10-7-14)25-17-11-8-15(13-21-17)22-19(24)23-18-5-4-12-26-18/h4-13H,1-3H3,(H2,22,23,24). The maximum absolute atomic E-state index is 11.9. The van der Waals surface area contributed by atoms with Crippen LogP contribution >= 0.6 is 11.3 Å². The maximum atomic E-state index is 11.9. The minimum absolute atomic E-state index is 0.105. The molecule has 0 radical (unpaired) electrons. The van der Waals surface area contributed by atoms with Gasteiger partial charge in [0.2, 0.25) is 5.88 Å². The molecule has 0 saturated heterocycles. The molecule has 2 N–H and O–H groups in total. The van der Waals surface area contributed by atoms with E-state index >= 15 is 0 Å². The molecule has 26 heavy (non-hydrogen) atoms. The Morgan fingerprint density at radius 2 is 1.81 bits per heavy atom. The SMILES string of the molecule is CC(C)(C)c1ccc(Oc2ccc(NC(=O)Nc3cccs3)cn2)cc1. The van der Waals surface area contributed by atoms with Gasteiger partial charge >= 0.3 is 6.03 Å². The number of urea groups is 1. The number of aromatic nitrogens is 1. The second-order valence-corrected chi connectivity index (χ2v) is 7.77. The molecule has 0 spiro atoms. The Kier molecular flexibility index (Phi) is 5.23. The summed E-state index contributed by atoms with van der Waals surface area (Å²) in [5, 5.41) is 8.17. The summed E-state index contributed by atoms with van der Waals surface area (Å²) in [7, 11) is 0. The minimum Gasteiger partial charge on any atom is -0.439 e. The van der Waals surface area contributed by atoms with Crippen LogP contribution < -0.4 is 15.4 Å². The summed E-state index contributed by atoms with van der Waals surface area (Å²) in [6.07, 6.45) is 1.56. The number of ether oxygens (including phenoxy) is 1. The van der Waals surface area contributed by atoms with E-state index in [9.17, 15) is 4.79 Å². The number of thiophene rings is 1. The summed E-state index contributed by atoms with van der Waals surface area (Å²) in [5.74, 6) is 1.19. The van der Waals surface area contributed by atoms with Crippen LogP contribution in [0.5, 0.6) is 11.6 Å². The third-order valence-corrected chi connectivity index (χ3v) is 4.48. The average Bonchev–Trinajstić information content (AvgIpc) is 3.09. The molecule has 2 heterocycles. The van der Waals surface area contributed by atoms with Gasteiger partial charge < -0.3 is 10.1 Å². The number of benzene rings is 1. The predicted octanol–water partition coefficient (Wildman–Crippen LogP) is 5.88. The largest absolute Gasteiger partial charge is 0.439 e. The third kappa shape index (κ3) is 4.83. The van der Waals surface area contributed by atoms with Crippen LogP contribution in [0.25, 0.3) is 0 Å². The molecule has 1 aromatic carbocycles. The zero-order valence-corrected chi connectivity index (χ0v) is 15.8. The first-order valence-electron chi connectivity index (χ1n) is 8.26. The zero-order valence-electron chi connectivity index (χ0n) is 14.9. The normalized spacial score (nSPS) is 11.0. The van der Waals surface area contributed by atoms with E-state index in [0.29, 0.717) is 11.6 Å². The highest BCUT2D eigenvalue weighted by Crippen LogP contribution is 2.26. The molecule has 0 aliphatic rings. The summed E-state index contributed by atoms with van der Waals surface area (Å²) >= 11 is 1.46. The van der Waals surface area contributed by atoms with Crippen LogP contribution in [0.15, 0.2) is 60.1 Å². The van der Waals surface area contributed by atoms with E-state index in [2.05, 4.69) is 48.5 Å². The van der Waals surface area contributed by atoms with Crippen molar-refractivity contribution < 1.29 is 9.53 Å². The summed E-state index contributed by atoms with van der Waals surface area (Å²) in [5.41, 5.74) is 1.94. The second kappa shape index (κ2) is 7.58. The van der Waals surface area contributed by atoms with Gasteiger partial charge in [-0.3, -0.25) is 5.32 Å². The first-order valence-corrected chi connectivity index (χ1v) is 9.14. The smallest absolute Gasteiger partial charge is 0.324 e. The fourth-order valence-electron chi connectivity index (χ4n) is 2.28. The zero-order chi connectivity index (χ0) is 18.6. The van der Waals surface area contributed by atoms with Gasteiger partial charge in [-0.15, -0.1) is 11.3 Å². The summed E-state index contributed by atoms with van der Waals surface area (Å²) in [4.78, 5) is 16.1. The molecule has 0 saturated carbocycles. The maximum Gasteiger partial charge on any atom is 0.324 e. The molecule has 5 nitrogen and oxygen atoms in total. The number of carbonyl (C=O) groups is 1. The molecule has 134 valence electrons. The lowest BCUT2D eigenvalue weighted by Gasteiger charge is -2.19. The Morgan fingerprint density at radius 3 is 2.38 bits per heavy atom. The number of anilines is 2. The van der Waals surface area contributed by atoms with Crippen LogP contribution in [-0.2, 0) is 5.41 Å². The van der Waals surface area contributed by atoms with Gasteiger partial charge in [-0.1, -0.05) is 32.9 Å². The first kappa shape index (κ1) is 17.9. The van der Waals surface area contributed by atoms with Crippen LogP contribution in [0, 0.1) is 0 Å². The molecule has 0 aliphatic heterocycles. The van der Waals surface area contributed by atoms with Gasteiger partial charge in [-0.25, -0.2) is 9.78 Å². The van der Waals surface area contributed by atoms with Crippen molar-refractivity contribution in [2.75, 3.05) is 10.6 Å². The highest BCUT2D eigenvalue weighted by molar-refractivity contribution is 7.14. The molecular weight excluding hydrogens is 346 g/mol. The molecule has 3 rings (SSSR count). The van der Waals surface area contributed by atoms with Crippen LogP contribution in [0.3, 0.4) is 0 Å². The van der Waals surface area contributed by atoms with Crippen LogP contribution in [-0.4, -0.2) is 11.0 Å². The van der Waals surface area contributed by atoms with Crippen molar-refractivity contribution in [2.24, 2.45) is 0 Å². The van der Waals surface area contributed by atoms with Crippen molar-refractivity contribution >= 4 is 28.1 Å². The van der Waals surface area contributed by atoms with E-state index in [0.717, 1.165) is 10.8 Å². The summed E-state index contributed by atoms with van der Waals surface area (Å²) in [6, 6.07) is 14.9. The Morgan fingerprint density at radius 1 is 1.04 bits per heavy atom. The Labute approximate surface area is 157 Å². The number of carbonyl (C=O) groups excluding carboxylic acids is 1. The highest BCUT2D eigenvalue weighted by Gasteiger charge is 2.13. The minimum atomic E-state index is -0.305. The quantitative estimate of drug-likeness (QED) is 0.605. The molecule has 2 amide bonds. The predicted molar refractivity (Wildman–Crippen MR) is 106 cm³/mol. The molecule has 0 atom stereocenters. The molecule has 0 aliphatic carbocycles. The third-order valence-electron chi connectivity index (χ3n) is 3.69. The topological polar surface area (TPSA) is 63.2 Å². The number of nitrogens with one attached hydrogen (secondary N) is 2. The number of pyridine rings is 1. The highest BCUT2D eigenvalue weighted by atomic mass is 32.1. The molecule has 2 aromatic heterocycles. The van der Waals surface area contributed by atoms with Crippen LogP contribution in [0.1, 0.15) is 26.3 Å². The monoisotopic (exact) mass is 367 g/mol. The molecule has 0 unspecified atom stereocenters. The van der Waals surface area contributed by atoms with Gasteiger partial charge in [0.25, 0.3) is 0 Å². The molecular formula is C20H21N3O2S. The first-order chi connectivity index (χ1) is 12.4. The van der Waals surface area contributed by atoms with E-state index in [1.54, 1.807) is 18.3 Å². The van der Waals surface area contributed by atoms with Crippen LogP contribution in [0.2, 0.25) is 0 Å².